The highest BCUT2D eigenvalue weighted by atomic mass is 16.1. The maximum atomic E-state index is 11.4. The summed E-state index contributed by atoms with van der Waals surface area (Å²) in [6, 6.07) is 5.06. The standard InChI is InChI=1S/C11H14N2O/c1-3-11(14)8-4-5-10(13)9(6-8)7(2)12/h4-6,12H,3,13H2,1-2H3. The molecule has 0 amide bonds. The van der Waals surface area contributed by atoms with Gasteiger partial charge < -0.3 is 11.1 Å². The fraction of sp³-hybridized carbons (Fsp3) is 0.273. The Morgan fingerprint density at radius 1 is 1.50 bits per heavy atom. The number of rotatable bonds is 3. The van der Waals surface area contributed by atoms with Gasteiger partial charge in [-0.15, -0.1) is 0 Å². The van der Waals surface area contributed by atoms with Gasteiger partial charge in [-0.05, 0) is 25.1 Å². The summed E-state index contributed by atoms with van der Waals surface area (Å²) in [4.78, 5) is 11.4. The van der Waals surface area contributed by atoms with Gasteiger partial charge in [0.1, 0.15) is 0 Å². The van der Waals surface area contributed by atoms with Crippen LogP contribution in [0.5, 0.6) is 0 Å². The summed E-state index contributed by atoms with van der Waals surface area (Å²) < 4.78 is 0. The number of carbonyl (C=O) groups is 1. The number of benzene rings is 1. The number of hydrogen-bond acceptors (Lipinski definition) is 3. The Morgan fingerprint density at radius 3 is 2.64 bits per heavy atom. The van der Waals surface area contributed by atoms with Gasteiger partial charge >= 0.3 is 0 Å². The summed E-state index contributed by atoms with van der Waals surface area (Å²) in [5.41, 5.74) is 7.88. The molecule has 1 aromatic rings. The molecular weight excluding hydrogens is 176 g/mol. The Hall–Kier alpha value is -1.64. The highest BCUT2D eigenvalue weighted by Crippen LogP contribution is 2.15. The highest BCUT2D eigenvalue weighted by molar-refractivity contribution is 6.04. The second-order valence-electron chi connectivity index (χ2n) is 3.20. The molecule has 0 aliphatic heterocycles. The van der Waals surface area contributed by atoms with Crippen molar-refractivity contribution in [1.82, 2.24) is 0 Å². The number of ketones is 1. The van der Waals surface area contributed by atoms with Crippen LogP contribution >= 0.6 is 0 Å². The van der Waals surface area contributed by atoms with Crippen LogP contribution in [-0.4, -0.2) is 11.5 Å². The Kier molecular flexibility index (Phi) is 3.02. The largest absolute Gasteiger partial charge is 0.398 e. The van der Waals surface area contributed by atoms with Gasteiger partial charge in [0.25, 0.3) is 0 Å². The van der Waals surface area contributed by atoms with Gasteiger partial charge in [-0.2, -0.15) is 0 Å². The average Bonchev–Trinajstić information content (AvgIpc) is 2.17. The van der Waals surface area contributed by atoms with Gasteiger partial charge in [0.05, 0.1) is 0 Å². The van der Waals surface area contributed by atoms with E-state index in [-0.39, 0.29) is 5.78 Å². The molecule has 3 heteroatoms. The lowest BCUT2D eigenvalue weighted by Gasteiger charge is -2.05. The fourth-order valence-electron chi connectivity index (χ4n) is 1.26. The van der Waals surface area contributed by atoms with Crippen LogP contribution in [0, 0.1) is 5.41 Å². The molecule has 0 unspecified atom stereocenters. The third-order valence-electron chi connectivity index (χ3n) is 2.10. The van der Waals surface area contributed by atoms with Crippen molar-refractivity contribution in [3.63, 3.8) is 0 Å². The maximum Gasteiger partial charge on any atom is 0.162 e. The summed E-state index contributed by atoms with van der Waals surface area (Å²) >= 11 is 0. The summed E-state index contributed by atoms with van der Waals surface area (Å²) in [6.07, 6.45) is 0.473. The zero-order valence-electron chi connectivity index (χ0n) is 8.42. The predicted octanol–water partition coefficient (Wildman–Crippen LogP) is 2.25. The first-order valence-electron chi connectivity index (χ1n) is 4.54. The van der Waals surface area contributed by atoms with Gasteiger partial charge in [-0.3, -0.25) is 4.79 Å². The highest BCUT2D eigenvalue weighted by Gasteiger charge is 2.07. The first-order valence-corrected chi connectivity index (χ1v) is 4.54. The smallest absolute Gasteiger partial charge is 0.162 e. The second-order valence-corrected chi connectivity index (χ2v) is 3.20. The number of anilines is 1. The van der Waals surface area contributed by atoms with Crippen LogP contribution in [0.3, 0.4) is 0 Å². The van der Waals surface area contributed by atoms with Crippen molar-refractivity contribution < 1.29 is 4.79 Å². The van der Waals surface area contributed by atoms with E-state index in [2.05, 4.69) is 0 Å². The van der Waals surface area contributed by atoms with Crippen molar-refractivity contribution >= 4 is 17.2 Å². The Balaban J connectivity index is 3.19. The molecule has 0 saturated heterocycles. The number of nitrogen functional groups attached to an aromatic ring is 1. The minimum atomic E-state index is 0.0764. The topological polar surface area (TPSA) is 66.9 Å². The van der Waals surface area contributed by atoms with Crippen LogP contribution in [0.1, 0.15) is 36.2 Å². The van der Waals surface area contributed by atoms with Gasteiger partial charge in [-0.25, -0.2) is 0 Å². The molecule has 3 nitrogen and oxygen atoms in total. The molecule has 0 atom stereocenters. The quantitative estimate of drug-likeness (QED) is 0.436. The third-order valence-corrected chi connectivity index (χ3v) is 2.10. The third kappa shape index (κ3) is 1.99. The van der Waals surface area contributed by atoms with Crippen LogP contribution in [0.15, 0.2) is 18.2 Å². The SMILES string of the molecule is CCC(=O)c1ccc(N)c(C(C)=N)c1. The first-order chi connectivity index (χ1) is 6.56. The molecule has 0 aromatic heterocycles. The van der Waals surface area contributed by atoms with Gasteiger partial charge in [0, 0.05) is 28.9 Å². The Labute approximate surface area is 83.4 Å². The number of nitrogens with two attached hydrogens (primary N) is 1. The van der Waals surface area contributed by atoms with E-state index in [1.165, 1.54) is 0 Å². The van der Waals surface area contributed by atoms with E-state index in [0.717, 1.165) is 0 Å². The van der Waals surface area contributed by atoms with E-state index in [1.807, 2.05) is 6.92 Å². The minimum Gasteiger partial charge on any atom is -0.398 e. The van der Waals surface area contributed by atoms with Crippen molar-refractivity contribution in [3.8, 4) is 0 Å². The number of carbonyl (C=O) groups excluding carboxylic acids is 1. The fourth-order valence-corrected chi connectivity index (χ4v) is 1.26. The first kappa shape index (κ1) is 10.4. The molecule has 74 valence electrons. The van der Waals surface area contributed by atoms with E-state index >= 15 is 0 Å². The van der Waals surface area contributed by atoms with Crippen molar-refractivity contribution in [2.24, 2.45) is 0 Å². The van der Waals surface area contributed by atoms with E-state index in [4.69, 9.17) is 11.1 Å². The van der Waals surface area contributed by atoms with Crippen molar-refractivity contribution in [1.29, 1.82) is 5.41 Å². The van der Waals surface area contributed by atoms with E-state index in [9.17, 15) is 4.79 Å². The molecule has 0 bridgehead atoms. The van der Waals surface area contributed by atoms with Crippen LogP contribution in [0.4, 0.5) is 5.69 Å². The molecule has 0 heterocycles. The van der Waals surface area contributed by atoms with Crippen molar-refractivity contribution in [3.05, 3.63) is 29.3 Å². The van der Waals surface area contributed by atoms with Crippen LogP contribution in [0.2, 0.25) is 0 Å². The average molecular weight is 190 g/mol. The van der Waals surface area contributed by atoms with Gasteiger partial charge in [0.2, 0.25) is 0 Å². The Bertz CT molecular complexity index is 383. The molecule has 0 spiro atoms. The Morgan fingerprint density at radius 2 is 2.14 bits per heavy atom. The maximum absolute atomic E-state index is 11.4. The van der Waals surface area contributed by atoms with Crippen molar-refractivity contribution in [2.45, 2.75) is 20.3 Å². The molecule has 0 fully saturated rings. The van der Waals surface area contributed by atoms with E-state index in [1.54, 1.807) is 25.1 Å². The zero-order valence-corrected chi connectivity index (χ0v) is 8.42. The lowest BCUT2D eigenvalue weighted by atomic mass is 10.0. The predicted molar refractivity (Wildman–Crippen MR) is 58.0 cm³/mol. The van der Waals surface area contributed by atoms with Crippen LogP contribution < -0.4 is 5.73 Å². The molecule has 0 aliphatic carbocycles. The second kappa shape index (κ2) is 4.05. The molecular formula is C11H14N2O. The number of Topliss-reactive ketones (excluding diaryl/α,β-unsaturated/α-hetero) is 1. The molecule has 3 N–H and O–H groups in total. The molecule has 0 aliphatic rings. The summed E-state index contributed by atoms with van der Waals surface area (Å²) in [5.74, 6) is 0.0764. The summed E-state index contributed by atoms with van der Waals surface area (Å²) in [5, 5.41) is 7.48. The van der Waals surface area contributed by atoms with Crippen molar-refractivity contribution in [2.75, 3.05) is 5.73 Å². The molecule has 14 heavy (non-hydrogen) atoms. The van der Waals surface area contributed by atoms with Crippen LogP contribution in [-0.2, 0) is 0 Å². The minimum absolute atomic E-state index is 0.0764. The molecule has 0 radical (unpaired) electrons. The normalized spacial score (nSPS) is 9.86. The zero-order chi connectivity index (χ0) is 10.7. The monoisotopic (exact) mass is 190 g/mol. The van der Waals surface area contributed by atoms with Gasteiger partial charge in [-0.1, -0.05) is 6.92 Å². The molecule has 1 aromatic carbocycles. The van der Waals surface area contributed by atoms with E-state index in [0.29, 0.717) is 28.9 Å². The lowest BCUT2D eigenvalue weighted by molar-refractivity contribution is 0.0988. The van der Waals surface area contributed by atoms with Gasteiger partial charge in [0.15, 0.2) is 5.78 Å². The molecule has 1 rings (SSSR count). The number of nitrogens with one attached hydrogen (secondary N) is 1. The summed E-state index contributed by atoms with van der Waals surface area (Å²) in [6.45, 7) is 3.47. The molecule has 0 saturated carbocycles. The van der Waals surface area contributed by atoms with Crippen LogP contribution in [0.25, 0.3) is 0 Å². The summed E-state index contributed by atoms with van der Waals surface area (Å²) in [7, 11) is 0. The van der Waals surface area contributed by atoms with E-state index < -0.39 is 0 Å². The number of hydrogen-bond donors (Lipinski definition) is 2. The lowest BCUT2D eigenvalue weighted by Crippen LogP contribution is -2.04.